The summed E-state index contributed by atoms with van der Waals surface area (Å²) in [4.78, 5) is 23.7. The van der Waals surface area contributed by atoms with Crippen molar-refractivity contribution in [3.8, 4) is 0 Å². The number of anilines is 1. The van der Waals surface area contributed by atoms with E-state index in [1.54, 1.807) is 16.8 Å². The molecule has 1 aromatic heterocycles. The van der Waals surface area contributed by atoms with Crippen molar-refractivity contribution in [1.82, 2.24) is 15.1 Å². The van der Waals surface area contributed by atoms with Crippen molar-refractivity contribution in [2.24, 2.45) is 5.73 Å². The fourth-order valence-electron chi connectivity index (χ4n) is 2.63. The summed E-state index contributed by atoms with van der Waals surface area (Å²) in [6.45, 7) is 2.98. The van der Waals surface area contributed by atoms with Crippen LogP contribution in [0.2, 0.25) is 0 Å². The Morgan fingerprint density at radius 3 is 2.60 bits per heavy atom. The van der Waals surface area contributed by atoms with E-state index in [0.29, 0.717) is 24.2 Å². The van der Waals surface area contributed by atoms with Gasteiger partial charge in [-0.25, -0.2) is 4.79 Å². The standard InChI is InChI=1S/C18H19N5O2/c1-2-23-15-9-8-13(10-14(15)16(22-23)17(19)24)21-18(25)20-11-12-6-4-3-5-7-12/h3-10H,2,11H2,1H3,(H2,19,24)(H2,20,21,25). The molecule has 4 N–H and O–H groups in total. The van der Waals surface area contributed by atoms with E-state index in [2.05, 4.69) is 15.7 Å². The minimum absolute atomic E-state index is 0.199. The molecule has 0 fully saturated rings. The second-order valence-corrected chi connectivity index (χ2v) is 5.55. The monoisotopic (exact) mass is 337 g/mol. The molecule has 0 aliphatic heterocycles. The number of urea groups is 1. The van der Waals surface area contributed by atoms with Gasteiger partial charge in [-0.2, -0.15) is 5.10 Å². The van der Waals surface area contributed by atoms with Gasteiger partial charge in [0.05, 0.1) is 5.52 Å². The Bertz CT molecular complexity index is 918. The third-order valence-electron chi connectivity index (χ3n) is 3.84. The zero-order valence-corrected chi connectivity index (χ0v) is 13.8. The third kappa shape index (κ3) is 3.60. The highest BCUT2D eigenvalue weighted by Gasteiger charge is 2.15. The van der Waals surface area contributed by atoms with Crippen LogP contribution in [-0.2, 0) is 13.1 Å². The molecular weight excluding hydrogens is 318 g/mol. The van der Waals surface area contributed by atoms with Crippen LogP contribution in [0.1, 0.15) is 23.0 Å². The maximum atomic E-state index is 12.1. The van der Waals surface area contributed by atoms with Crippen LogP contribution in [-0.4, -0.2) is 21.7 Å². The highest BCUT2D eigenvalue weighted by molar-refractivity contribution is 6.05. The summed E-state index contributed by atoms with van der Waals surface area (Å²) in [5, 5.41) is 10.4. The fourth-order valence-corrected chi connectivity index (χ4v) is 2.63. The van der Waals surface area contributed by atoms with Crippen molar-refractivity contribution in [2.45, 2.75) is 20.0 Å². The fraction of sp³-hybridized carbons (Fsp3) is 0.167. The second-order valence-electron chi connectivity index (χ2n) is 5.55. The highest BCUT2D eigenvalue weighted by Crippen LogP contribution is 2.22. The molecule has 3 aromatic rings. The van der Waals surface area contributed by atoms with Crippen molar-refractivity contribution >= 4 is 28.5 Å². The Morgan fingerprint density at radius 1 is 1.16 bits per heavy atom. The number of nitrogens with one attached hydrogen (secondary N) is 2. The molecule has 3 amide bonds. The molecule has 128 valence electrons. The first kappa shape index (κ1) is 16.5. The smallest absolute Gasteiger partial charge is 0.319 e. The summed E-state index contributed by atoms with van der Waals surface area (Å²) in [7, 11) is 0. The maximum absolute atomic E-state index is 12.1. The molecule has 7 nitrogen and oxygen atoms in total. The Labute approximate surface area is 144 Å². The van der Waals surface area contributed by atoms with E-state index in [9.17, 15) is 9.59 Å². The molecule has 7 heteroatoms. The molecule has 1 heterocycles. The van der Waals surface area contributed by atoms with Gasteiger partial charge in [-0.1, -0.05) is 30.3 Å². The van der Waals surface area contributed by atoms with Gasteiger partial charge in [0.25, 0.3) is 5.91 Å². The predicted molar refractivity (Wildman–Crippen MR) is 96.2 cm³/mol. The van der Waals surface area contributed by atoms with E-state index in [-0.39, 0.29) is 11.7 Å². The topological polar surface area (TPSA) is 102 Å². The second kappa shape index (κ2) is 7.04. The molecule has 25 heavy (non-hydrogen) atoms. The third-order valence-corrected chi connectivity index (χ3v) is 3.84. The normalized spacial score (nSPS) is 10.6. The quantitative estimate of drug-likeness (QED) is 0.666. The minimum atomic E-state index is -0.595. The van der Waals surface area contributed by atoms with Crippen molar-refractivity contribution in [1.29, 1.82) is 0 Å². The number of hydrogen-bond acceptors (Lipinski definition) is 3. The number of amides is 3. The molecule has 2 aromatic carbocycles. The van der Waals surface area contributed by atoms with E-state index < -0.39 is 5.91 Å². The van der Waals surface area contributed by atoms with Crippen molar-refractivity contribution in [3.05, 3.63) is 59.8 Å². The number of carbonyl (C=O) groups is 2. The lowest BCUT2D eigenvalue weighted by Crippen LogP contribution is -2.28. The predicted octanol–water partition coefficient (Wildman–Crippen LogP) is 2.48. The summed E-state index contributed by atoms with van der Waals surface area (Å²) in [5.74, 6) is -0.595. The van der Waals surface area contributed by atoms with Crippen LogP contribution in [0, 0.1) is 0 Å². The number of aromatic nitrogens is 2. The Balaban J connectivity index is 1.76. The number of benzene rings is 2. The maximum Gasteiger partial charge on any atom is 0.319 e. The molecule has 0 bridgehead atoms. The molecular formula is C18H19N5O2. The van der Waals surface area contributed by atoms with Crippen LogP contribution in [0.4, 0.5) is 10.5 Å². The summed E-state index contributed by atoms with van der Waals surface area (Å²) >= 11 is 0. The number of aryl methyl sites for hydroxylation is 1. The van der Waals surface area contributed by atoms with Gasteiger partial charge in [-0.05, 0) is 30.7 Å². The van der Waals surface area contributed by atoms with Gasteiger partial charge < -0.3 is 16.4 Å². The molecule has 0 saturated heterocycles. The lowest BCUT2D eigenvalue weighted by molar-refractivity contribution is 0.0996. The van der Waals surface area contributed by atoms with Gasteiger partial charge in [0, 0.05) is 24.2 Å². The first-order valence-corrected chi connectivity index (χ1v) is 7.97. The SMILES string of the molecule is CCn1nc(C(N)=O)c2cc(NC(=O)NCc3ccccc3)ccc21. The lowest BCUT2D eigenvalue weighted by atomic mass is 10.2. The zero-order chi connectivity index (χ0) is 17.8. The zero-order valence-electron chi connectivity index (χ0n) is 13.8. The summed E-state index contributed by atoms with van der Waals surface area (Å²) in [6, 6.07) is 14.6. The van der Waals surface area contributed by atoms with Gasteiger partial charge >= 0.3 is 6.03 Å². The van der Waals surface area contributed by atoms with Gasteiger partial charge in [-0.3, -0.25) is 9.48 Å². The average Bonchev–Trinajstić information content (AvgIpc) is 2.99. The molecule has 0 radical (unpaired) electrons. The van der Waals surface area contributed by atoms with Crippen LogP contribution in [0.25, 0.3) is 10.9 Å². The first-order valence-electron chi connectivity index (χ1n) is 7.97. The van der Waals surface area contributed by atoms with E-state index >= 15 is 0 Å². The molecule has 3 rings (SSSR count). The van der Waals surface area contributed by atoms with Gasteiger partial charge in [0.2, 0.25) is 0 Å². The molecule has 0 aliphatic carbocycles. The van der Waals surface area contributed by atoms with E-state index in [0.717, 1.165) is 11.1 Å². The Kier molecular flexibility index (Phi) is 4.65. The summed E-state index contributed by atoms with van der Waals surface area (Å²) in [6.07, 6.45) is 0. The van der Waals surface area contributed by atoms with E-state index in [4.69, 9.17) is 5.73 Å². The molecule has 0 saturated carbocycles. The molecule has 0 atom stereocenters. The van der Waals surface area contributed by atoms with Crippen LogP contribution < -0.4 is 16.4 Å². The number of rotatable bonds is 5. The Hall–Kier alpha value is -3.35. The summed E-state index contributed by atoms with van der Waals surface area (Å²) < 4.78 is 1.70. The highest BCUT2D eigenvalue weighted by atomic mass is 16.2. The number of hydrogen-bond donors (Lipinski definition) is 3. The van der Waals surface area contributed by atoms with Gasteiger partial charge in [0.15, 0.2) is 5.69 Å². The Morgan fingerprint density at radius 2 is 1.92 bits per heavy atom. The number of carbonyl (C=O) groups excluding carboxylic acids is 2. The molecule has 0 aliphatic rings. The number of nitrogens with two attached hydrogens (primary N) is 1. The van der Waals surface area contributed by atoms with E-state index in [1.165, 1.54) is 0 Å². The van der Waals surface area contributed by atoms with Gasteiger partial charge in [-0.15, -0.1) is 0 Å². The van der Waals surface area contributed by atoms with Crippen molar-refractivity contribution < 1.29 is 9.59 Å². The number of primary amides is 1. The van der Waals surface area contributed by atoms with Crippen LogP contribution >= 0.6 is 0 Å². The lowest BCUT2D eigenvalue weighted by Gasteiger charge is -2.08. The number of fused-ring (bicyclic) bond motifs is 1. The van der Waals surface area contributed by atoms with E-state index in [1.807, 2.05) is 43.3 Å². The largest absolute Gasteiger partial charge is 0.364 e. The first-order chi connectivity index (χ1) is 12.1. The number of nitrogens with zero attached hydrogens (tertiary/aromatic N) is 2. The molecule has 0 spiro atoms. The summed E-state index contributed by atoms with van der Waals surface area (Å²) in [5.41, 5.74) is 7.97. The minimum Gasteiger partial charge on any atom is -0.364 e. The van der Waals surface area contributed by atoms with Crippen LogP contribution in [0.3, 0.4) is 0 Å². The van der Waals surface area contributed by atoms with Crippen LogP contribution in [0.5, 0.6) is 0 Å². The van der Waals surface area contributed by atoms with Crippen molar-refractivity contribution in [2.75, 3.05) is 5.32 Å². The van der Waals surface area contributed by atoms with Gasteiger partial charge in [0.1, 0.15) is 0 Å². The molecule has 0 unspecified atom stereocenters. The average molecular weight is 337 g/mol. The van der Waals surface area contributed by atoms with Crippen molar-refractivity contribution in [3.63, 3.8) is 0 Å². The van der Waals surface area contributed by atoms with Crippen LogP contribution in [0.15, 0.2) is 48.5 Å².